The Bertz CT molecular complexity index is 477. The van der Waals surface area contributed by atoms with Crippen LogP contribution in [0.1, 0.15) is 38.4 Å². The summed E-state index contributed by atoms with van der Waals surface area (Å²) in [7, 11) is 0. The van der Waals surface area contributed by atoms with Crippen LogP contribution in [0.15, 0.2) is 30.3 Å². The first-order valence-corrected chi connectivity index (χ1v) is 7.47. The minimum absolute atomic E-state index is 0.0252. The van der Waals surface area contributed by atoms with Gasteiger partial charge in [0.05, 0.1) is 18.2 Å². The summed E-state index contributed by atoms with van der Waals surface area (Å²) >= 11 is 0. The molecule has 0 spiro atoms. The number of benzene rings is 1. The highest BCUT2D eigenvalue weighted by Gasteiger charge is 2.45. The molecule has 4 heteroatoms. The minimum Gasteiger partial charge on any atom is -0.376 e. The fourth-order valence-corrected chi connectivity index (χ4v) is 3.27. The van der Waals surface area contributed by atoms with Gasteiger partial charge < -0.3 is 9.64 Å². The predicted octanol–water partition coefficient (Wildman–Crippen LogP) is 2.07. The van der Waals surface area contributed by atoms with E-state index in [1.807, 2.05) is 23.1 Å². The molecule has 0 bridgehead atoms. The maximum atomic E-state index is 12.7. The maximum absolute atomic E-state index is 12.7. The largest absolute Gasteiger partial charge is 0.376 e. The average Bonchev–Trinajstić information content (AvgIpc) is 3.03. The van der Waals surface area contributed by atoms with Crippen LogP contribution >= 0.6 is 0 Å². The number of hydrogen-bond acceptors (Lipinski definition) is 3. The van der Waals surface area contributed by atoms with Gasteiger partial charge in [-0.1, -0.05) is 37.3 Å². The molecule has 0 radical (unpaired) electrons. The molecule has 2 heterocycles. The standard InChI is InChI=1S/C16H22N2O2/c1-3-13-16(19)18(14-9-10-20-11(14)2)15(17-13)12-7-5-4-6-8-12/h4-8,11,13-15,17H,3,9-10H2,1-2H3. The fraction of sp³-hybridized carbons (Fsp3) is 0.562. The first-order chi connectivity index (χ1) is 9.72. The summed E-state index contributed by atoms with van der Waals surface area (Å²) in [5.41, 5.74) is 1.15. The van der Waals surface area contributed by atoms with E-state index in [9.17, 15) is 4.79 Å². The SMILES string of the molecule is CCC1NC(c2ccccc2)N(C2CCOC2C)C1=O. The van der Waals surface area contributed by atoms with Gasteiger partial charge in [-0.05, 0) is 25.3 Å². The highest BCUT2D eigenvalue weighted by Crippen LogP contribution is 2.33. The summed E-state index contributed by atoms with van der Waals surface area (Å²) in [4.78, 5) is 14.7. The highest BCUT2D eigenvalue weighted by atomic mass is 16.5. The molecule has 1 N–H and O–H groups in total. The van der Waals surface area contributed by atoms with E-state index >= 15 is 0 Å². The van der Waals surface area contributed by atoms with Gasteiger partial charge in [0.25, 0.3) is 0 Å². The summed E-state index contributed by atoms with van der Waals surface area (Å²) in [5.74, 6) is 0.212. The van der Waals surface area contributed by atoms with Crippen LogP contribution in [0.5, 0.6) is 0 Å². The second-order valence-electron chi connectivity index (χ2n) is 5.62. The molecule has 2 aliphatic rings. The third-order valence-corrected chi connectivity index (χ3v) is 4.41. The van der Waals surface area contributed by atoms with Gasteiger partial charge in [-0.25, -0.2) is 0 Å². The third kappa shape index (κ3) is 2.23. The van der Waals surface area contributed by atoms with Crippen LogP contribution in [-0.2, 0) is 9.53 Å². The average molecular weight is 274 g/mol. The minimum atomic E-state index is -0.0759. The molecule has 2 aliphatic heterocycles. The van der Waals surface area contributed by atoms with Crippen molar-refractivity contribution in [2.24, 2.45) is 0 Å². The normalized spacial score (nSPS) is 33.9. The Morgan fingerprint density at radius 2 is 2.10 bits per heavy atom. The van der Waals surface area contributed by atoms with Crippen molar-refractivity contribution in [2.45, 2.75) is 51.0 Å². The Kier molecular flexibility index (Phi) is 3.76. The summed E-state index contributed by atoms with van der Waals surface area (Å²) in [5, 5.41) is 3.48. The van der Waals surface area contributed by atoms with Gasteiger partial charge >= 0.3 is 0 Å². The molecule has 2 fully saturated rings. The third-order valence-electron chi connectivity index (χ3n) is 4.41. The smallest absolute Gasteiger partial charge is 0.241 e. The molecule has 1 aromatic carbocycles. The second-order valence-corrected chi connectivity index (χ2v) is 5.62. The zero-order valence-corrected chi connectivity index (χ0v) is 12.1. The van der Waals surface area contributed by atoms with E-state index < -0.39 is 0 Å². The van der Waals surface area contributed by atoms with E-state index in [4.69, 9.17) is 4.74 Å². The van der Waals surface area contributed by atoms with Gasteiger partial charge in [-0.15, -0.1) is 0 Å². The first kappa shape index (κ1) is 13.6. The van der Waals surface area contributed by atoms with Gasteiger partial charge in [0.2, 0.25) is 5.91 Å². The Hall–Kier alpha value is -1.39. The van der Waals surface area contributed by atoms with E-state index in [0.717, 1.165) is 25.0 Å². The number of hydrogen-bond donors (Lipinski definition) is 1. The predicted molar refractivity (Wildman–Crippen MR) is 77.1 cm³/mol. The molecule has 4 unspecified atom stereocenters. The van der Waals surface area contributed by atoms with Crippen molar-refractivity contribution < 1.29 is 9.53 Å². The van der Waals surface area contributed by atoms with Gasteiger partial charge in [0.15, 0.2) is 0 Å². The molecule has 1 amide bonds. The monoisotopic (exact) mass is 274 g/mol. The van der Waals surface area contributed by atoms with Crippen molar-refractivity contribution in [3.05, 3.63) is 35.9 Å². The molecule has 0 aliphatic carbocycles. The van der Waals surface area contributed by atoms with E-state index in [1.54, 1.807) is 0 Å². The van der Waals surface area contributed by atoms with Crippen LogP contribution in [0, 0.1) is 0 Å². The summed E-state index contributed by atoms with van der Waals surface area (Å²) in [6.45, 7) is 4.86. The topological polar surface area (TPSA) is 41.6 Å². The lowest BCUT2D eigenvalue weighted by atomic mass is 10.1. The summed E-state index contributed by atoms with van der Waals surface area (Å²) in [6, 6.07) is 10.3. The van der Waals surface area contributed by atoms with Crippen molar-refractivity contribution in [3.63, 3.8) is 0 Å². The van der Waals surface area contributed by atoms with Crippen molar-refractivity contribution in [2.75, 3.05) is 6.61 Å². The fourth-order valence-electron chi connectivity index (χ4n) is 3.27. The van der Waals surface area contributed by atoms with Gasteiger partial charge in [0, 0.05) is 6.61 Å². The number of nitrogens with one attached hydrogen (secondary N) is 1. The van der Waals surface area contributed by atoms with E-state index in [0.29, 0.717) is 0 Å². The van der Waals surface area contributed by atoms with Gasteiger partial charge in [-0.2, -0.15) is 0 Å². The van der Waals surface area contributed by atoms with Gasteiger partial charge in [0.1, 0.15) is 6.17 Å². The molecule has 108 valence electrons. The van der Waals surface area contributed by atoms with Crippen molar-refractivity contribution >= 4 is 5.91 Å². The summed E-state index contributed by atoms with van der Waals surface area (Å²) < 4.78 is 5.66. The lowest BCUT2D eigenvalue weighted by Crippen LogP contribution is -2.43. The molecule has 20 heavy (non-hydrogen) atoms. The molecular formula is C16H22N2O2. The van der Waals surface area contributed by atoms with Crippen LogP contribution < -0.4 is 5.32 Å². The number of ether oxygens (including phenoxy) is 1. The Morgan fingerprint density at radius 3 is 2.70 bits per heavy atom. The first-order valence-electron chi connectivity index (χ1n) is 7.47. The van der Waals surface area contributed by atoms with Crippen molar-refractivity contribution in [3.8, 4) is 0 Å². The van der Waals surface area contributed by atoms with Crippen LogP contribution in [0.4, 0.5) is 0 Å². The van der Waals surface area contributed by atoms with Crippen LogP contribution in [0.2, 0.25) is 0 Å². The van der Waals surface area contributed by atoms with Crippen LogP contribution in [0.25, 0.3) is 0 Å². The van der Waals surface area contributed by atoms with Gasteiger partial charge in [-0.3, -0.25) is 10.1 Å². The Labute approximate surface area is 120 Å². The number of nitrogens with zero attached hydrogens (tertiary/aromatic N) is 1. The number of amides is 1. The lowest BCUT2D eigenvalue weighted by molar-refractivity contribution is -0.133. The molecule has 3 rings (SSSR count). The van der Waals surface area contributed by atoms with Crippen LogP contribution in [-0.4, -0.2) is 35.6 Å². The molecule has 2 saturated heterocycles. The number of carbonyl (C=O) groups excluding carboxylic acids is 1. The number of carbonyl (C=O) groups is 1. The molecule has 4 atom stereocenters. The molecular weight excluding hydrogens is 252 g/mol. The van der Waals surface area contributed by atoms with Crippen molar-refractivity contribution in [1.29, 1.82) is 0 Å². The quantitative estimate of drug-likeness (QED) is 0.917. The molecule has 4 nitrogen and oxygen atoms in total. The van der Waals surface area contributed by atoms with E-state index in [1.165, 1.54) is 0 Å². The van der Waals surface area contributed by atoms with E-state index in [2.05, 4.69) is 31.3 Å². The zero-order valence-electron chi connectivity index (χ0n) is 12.1. The Balaban J connectivity index is 1.92. The highest BCUT2D eigenvalue weighted by molar-refractivity contribution is 5.85. The number of rotatable bonds is 3. The molecule has 1 aromatic rings. The molecule has 0 saturated carbocycles. The zero-order chi connectivity index (χ0) is 14.1. The molecule has 0 aromatic heterocycles. The summed E-state index contributed by atoms with van der Waals surface area (Å²) in [6.07, 6.45) is 1.83. The second kappa shape index (κ2) is 5.54. The maximum Gasteiger partial charge on any atom is 0.241 e. The Morgan fingerprint density at radius 1 is 1.35 bits per heavy atom. The van der Waals surface area contributed by atoms with Crippen molar-refractivity contribution in [1.82, 2.24) is 10.2 Å². The van der Waals surface area contributed by atoms with Crippen LogP contribution in [0.3, 0.4) is 0 Å². The lowest BCUT2D eigenvalue weighted by Gasteiger charge is -2.32. The van der Waals surface area contributed by atoms with E-state index in [-0.39, 0.29) is 30.3 Å².